The molecule has 0 spiro atoms. The van der Waals surface area contributed by atoms with E-state index < -0.39 is 34.2 Å². The smallest absolute Gasteiger partial charge is 0.484 e. The predicted octanol–water partition coefficient (Wildman–Crippen LogP) is 0.973. The number of nitrogens with zero attached hydrogens (tertiary/aromatic N) is 5. The topological polar surface area (TPSA) is 149 Å². The summed E-state index contributed by atoms with van der Waals surface area (Å²) < 4.78 is 43.3. The quantitative estimate of drug-likeness (QED) is 0.353. The minimum Gasteiger partial charge on any atom is -0.484 e. The van der Waals surface area contributed by atoms with E-state index in [0.717, 1.165) is 0 Å². The average molecular weight is 518 g/mol. The number of ether oxygens (including phenoxy) is 1. The summed E-state index contributed by atoms with van der Waals surface area (Å²) in [6.07, 6.45) is -3.76. The van der Waals surface area contributed by atoms with E-state index in [1.165, 1.54) is 23.1 Å². The monoisotopic (exact) mass is 518 g/mol. The van der Waals surface area contributed by atoms with Gasteiger partial charge >= 0.3 is 12.1 Å². The predicted molar refractivity (Wildman–Crippen MR) is 120 cm³/mol. The molecule has 4 aromatic rings. The number of H-pyrrole nitrogens is 1. The molecule has 3 heterocycles. The van der Waals surface area contributed by atoms with Crippen LogP contribution in [0.25, 0.3) is 21.9 Å². The molecule has 0 saturated carbocycles. The van der Waals surface area contributed by atoms with Crippen LogP contribution in [-0.2, 0) is 16.1 Å². The summed E-state index contributed by atoms with van der Waals surface area (Å²) in [6.45, 7) is 2.11. The zero-order chi connectivity index (χ0) is 26.7. The molecule has 0 atom stereocenters. The van der Waals surface area contributed by atoms with Crippen LogP contribution in [0.3, 0.4) is 0 Å². The highest BCUT2D eigenvalue weighted by atomic mass is 19.4. The number of nitrogens with one attached hydrogen (secondary N) is 1. The molecule has 0 aliphatic heterocycles. The lowest BCUT2D eigenvalue weighted by Crippen LogP contribution is -2.34. The van der Waals surface area contributed by atoms with Crippen molar-refractivity contribution in [3.63, 3.8) is 0 Å². The van der Waals surface area contributed by atoms with Gasteiger partial charge < -0.3 is 19.5 Å². The van der Waals surface area contributed by atoms with Crippen molar-refractivity contribution in [3.05, 3.63) is 68.9 Å². The van der Waals surface area contributed by atoms with Gasteiger partial charge in [-0.25, -0.2) is 4.79 Å². The molecule has 12 nitrogen and oxygen atoms in total. The molecular weight excluding hydrogens is 501 g/mol. The summed E-state index contributed by atoms with van der Waals surface area (Å²) >= 11 is 0. The lowest BCUT2D eigenvalue weighted by atomic mass is 10.2. The fourth-order valence-corrected chi connectivity index (χ4v) is 3.33. The average Bonchev–Trinajstić information content (AvgIpc) is 3.25. The highest BCUT2D eigenvalue weighted by molar-refractivity contribution is 5.88. The fraction of sp³-hybridized carbons (Fsp3) is 0.227. The van der Waals surface area contributed by atoms with Gasteiger partial charge in [-0.2, -0.15) is 13.2 Å². The molecule has 1 amide bonds. The van der Waals surface area contributed by atoms with Crippen molar-refractivity contribution in [2.75, 3.05) is 13.2 Å². The van der Waals surface area contributed by atoms with Gasteiger partial charge in [-0.3, -0.25) is 19.4 Å². The van der Waals surface area contributed by atoms with Crippen LogP contribution >= 0.6 is 0 Å². The number of pyridine rings is 1. The second kappa shape index (κ2) is 10.0. The van der Waals surface area contributed by atoms with E-state index in [4.69, 9.17) is 4.74 Å². The standard InChI is InChI=1S/C22H17F3N6O6/c1-2-30(10-12-5-3-4-8-26-12)16(32)11-36-13-6-7-14-15(9-13)27-20(34)17-18(19(14)33)31(29-28-17)37-21(35)22(23,24)25/h3-9H,2,10-11H2,1H3,(H,27,34). The SMILES string of the molecule is CCN(Cc1ccccn1)C(=O)COc1ccc2c(=O)c3c(nnn3OC(=O)C(F)(F)F)c(=O)[nH]c2c1. The molecule has 0 aliphatic carbocycles. The van der Waals surface area contributed by atoms with E-state index in [2.05, 4.69) is 25.1 Å². The molecule has 192 valence electrons. The van der Waals surface area contributed by atoms with E-state index in [1.807, 2.05) is 0 Å². The Balaban J connectivity index is 1.61. The second-order valence-corrected chi connectivity index (χ2v) is 7.54. The number of hydrogen-bond acceptors (Lipinski definition) is 9. The van der Waals surface area contributed by atoms with E-state index in [0.29, 0.717) is 12.2 Å². The van der Waals surface area contributed by atoms with Gasteiger partial charge in [0.25, 0.3) is 11.5 Å². The summed E-state index contributed by atoms with van der Waals surface area (Å²) in [6, 6.07) is 9.14. The first-order valence-electron chi connectivity index (χ1n) is 10.6. The first-order chi connectivity index (χ1) is 17.6. The Morgan fingerprint density at radius 3 is 2.62 bits per heavy atom. The van der Waals surface area contributed by atoms with Crippen LogP contribution < -0.4 is 20.6 Å². The Kier molecular flexibility index (Phi) is 6.86. The molecular formula is C22H17F3N6O6. The zero-order valence-electron chi connectivity index (χ0n) is 19.0. The Morgan fingerprint density at radius 2 is 1.95 bits per heavy atom. The van der Waals surface area contributed by atoms with Gasteiger partial charge in [-0.1, -0.05) is 10.9 Å². The van der Waals surface area contributed by atoms with Gasteiger partial charge in [0.05, 0.1) is 17.8 Å². The number of halogens is 3. The first-order valence-corrected chi connectivity index (χ1v) is 10.6. The van der Waals surface area contributed by atoms with Crippen LogP contribution in [-0.4, -0.2) is 61.2 Å². The van der Waals surface area contributed by atoms with Crippen LogP contribution in [0, 0.1) is 0 Å². The first kappa shape index (κ1) is 25.3. The highest BCUT2D eigenvalue weighted by Gasteiger charge is 2.42. The maximum absolute atomic E-state index is 13.0. The van der Waals surface area contributed by atoms with Crippen molar-refractivity contribution in [1.29, 1.82) is 0 Å². The summed E-state index contributed by atoms with van der Waals surface area (Å²) in [5.74, 6) is -2.88. The van der Waals surface area contributed by atoms with Crippen LogP contribution in [0.2, 0.25) is 0 Å². The second-order valence-electron chi connectivity index (χ2n) is 7.54. The summed E-state index contributed by atoms with van der Waals surface area (Å²) in [5, 5.41) is 6.35. The molecule has 37 heavy (non-hydrogen) atoms. The number of amides is 1. The highest BCUT2D eigenvalue weighted by Crippen LogP contribution is 2.18. The van der Waals surface area contributed by atoms with E-state index >= 15 is 0 Å². The fourth-order valence-electron chi connectivity index (χ4n) is 3.33. The third-order valence-corrected chi connectivity index (χ3v) is 5.13. The molecule has 0 radical (unpaired) electrons. The summed E-state index contributed by atoms with van der Waals surface area (Å²) in [4.78, 5) is 61.4. The third kappa shape index (κ3) is 5.39. The molecule has 15 heteroatoms. The number of carbonyl (C=O) groups excluding carboxylic acids is 2. The van der Waals surface area contributed by atoms with Crippen LogP contribution in [0.15, 0.2) is 52.2 Å². The van der Waals surface area contributed by atoms with Gasteiger partial charge in [0, 0.05) is 24.2 Å². The lowest BCUT2D eigenvalue weighted by Gasteiger charge is -2.20. The molecule has 0 saturated heterocycles. The molecule has 1 N–H and O–H groups in total. The number of carbonyl (C=O) groups is 2. The van der Waals surface area contributed by atoms with Gasteiger partial charge in [0.15, 0.2) is 17.6 Å². The Labute approximate surface area is 204 Å². The maximum Gasteiger partial charge on any atom is 0.493 e. The van der Waals surface area contributed by atoms with E-state index in [1.54, 1.807) is 31.3 Å². The van der Waals surface area contributed by atoms with Crippen molar-refractivity contribution in [3.8, 4) is 5.75 Å². The minimum absolute atomic E-state index is 0.0494. The Morgan fingerprint density at radius 1 is 1.16 bits per heavy atom. The number of benzene rings is 1. The molecule has 0 bridgehead atoms. The van der Waals surface area contributed by atoms with Gasteiger partial charge in [-0.15, -0.1) is 5.10 Å². The Bertz CT molecular complexity index is 1600. The number of rotatable bonds is 7. The lowest BCUT2D eigenvalue weighted by molar-refractivity contribution is -0.201. The van der Waals surface area contributed by atoms with Crippen molar-refractivity contribution in [2.45, 2.75) is 19.6 Å². The maximum atomic E-state index is 13.0. The van der Waals surface area contributed by atoms with Crippen LogP contribution in [0.4, 0.5) is 13.2 Å². The number of likely N-dealkylation sites (N-methyl/N-ethyl adjacent to an activating group) is 1. The normalized spacial score (nSPS) is 11.5. The number of alkyl halides is 3. The van der Waals surface area contributed by atoms with Crippen LogP contribution in [0.1, 0.15) is 12.6 Å². The zero-order valence-corrected chi connectivity index (χ0v) is 19.0. The van der Waals surface area contributed by atoms with Crippen molar-refractivity contribution < 1.29 is 32.3 Å². The summed E-state index contributed by atoms with van der Waals surface area (Å²) in [7, 11) is 0. The Hall–Kier alpha value is -4.82. The van der Waals surface area contributed by atoms with Crippen molar-refractivity contribution in [1.82, 2.24) is 30.0 Å². The minimum atomic E-state index is -5.37. The van der Waals surface area contributed by atoms with Crippen LogP contribution in [0.5, 0.6) is 5.75 Å². The molecule has 0 aliphatic rings. The third-order valence-electron chi connectivity index (χ3n) is 5.13. The number of aromatic amines is 1. The van der Waals surface area contributed by atoms with Crippen molar-refractivity contribution in [2.24, 2.45) is 0 Å². The van der Waals surface area contributed by atoms with E-state index in [9.17, 15) is 32.3 Å². The number of aromatic nitrogens is 5. The molecule has 4 rings (SSSR count). The molecule has 3 aromatic heterocycles. The van der Waals surface area contributed by atoms with Gasteiger partial charge in [0.2, 0.25) is 5.43 Å². The summed E-state index contributed by atoms with van der Waals surface area (Å²) in [5.41, 5.74) is -2.77. The van der Waals surface area contributed by atoms with Gasteiger partial charge in [-0.05, 0) is 36.4 Å². The van der Waals surface area contributed by atoms with Crippen molar-refractivity contribution >= 4 is 33.8 Å². The molecule has 1 aromatic carbocycles. The molecule has 0 unspecified atom stereocenters. The number of fused-ring (bicyclic) bond motifs is 2. The number of hydrogen-bond donors (Lipinski definition) is 1. The van der Waals surface area contributed by atoms with Gasteiger partial charge in [0.1, 0.15) is 5.75 Å². The van der Waals surface area contributed by atoms with E-state index in [-0.39, 0.29) is 40.6 Å². The molecule has 0 fully saturated rings. The largest absolute Gasteiger partial charge is 0.493 e.